The van der Waals surface area contributed by atoms with Crippen LogP contribution in [0.25, 0.3) is 92.1 Å². The van der Waals surface area contributed by atoms with E-state index >= 15 is 0 Å². The first-order chi connectivity index (χ1) is 23.8. The van der Waals surface area contributed by atoms with Crippen LogP contribution in [0.4, 0.5) is 0 Å². The molecule has 0 radical (unpaired) electrons. The number of hydrogen-bond acceptors (Lipinski definition) is 2. The summed E-state index contributed by atoms with van der Waals surface area (Å²) in [6.45, 7) is 0. The zero-order valence-corrected chi connectivity index (χ0v) is 26.8. The van der Waals surface area contributed by atoms with Gasteiger partial charge in [0, 0.05) is 36.3 Å². The van der Waals surface area contributed by atoms with Gasteiger partial charge >= 0.3 is 0 Å². The molecule has 48 heavy (non-hydrogen) atoms. The van der Waals surface area contributed by atoms with Crippen LogP contribution >= 0.6 is 11.3 Å². The predicted octanol–water partition coefficient (Wildman–Crippen LogP) is 12.7. The number of para-hydroxylation sites is 2. The summed E-state index contributed by atoms with van der Waals surface area (Å²) in [4.78, 5) is 5.30. The molecule has 0 fully saturated rings. The van der Waals surface area contributed by atoms with Crippen molar-refractivity contribution in [3.8, 4) is 39.2 Å². The fraction of sp³-hybridized carbons (Fsp3) is 0. The molecule has 0 spiro atoms. The lowest BCUT2D eigenvalue weighted by Gasteiger charge is -2.13. The minimum Gasteiger partial charge on any atom is -0.294 e. The van der Waals surface area contributed by atoms with Gasteiger partial charge < -0.3 is 0 Å². The van der Waals surface area contributed by atoms with Gasteiger partial charge in [-0.05, 0) is 69.8 Å². The fourth-order valence-corrected chi connectivity index (χ4v) is 8.61. The van der Waals surface area contributed by atoms with E-state index in [2.05, 4.69) is 174 Å². The highest BCUT2D eigenvalue weighted by atomic mass is 32.1. The Bertz CT molecular complexity index is 2820. The van der Waals surface area contributed by atoms with Crippen molar-refractivity contribution in [2.45, 2.75) is 0 Å². The maximum absolute atomic E-state index is 5.30. The number of fused-ring (bicyclic) bond motifs is 8. The Kier molecular flexibility index (Phi) is 6.08. The molecule has 2 nitrogen and oxygen atoms in total. The van der Waals surface area contributed by atoms with Gasteiger partial charge in [-0.1, -0.05) is 133 Å². The zero-order chi connectivity index (χ0) is 31.6. The number of benzene rings is 7. The molecule has 3 aromatic heterocycles. The van der Waals surface area contributed by atoms with Crippen LogP contribution in [0.15, 0.2) is 170 Å². The van der Waals surface area contributed by atoms with Crippen LogP contribution in [-0.4, -0.2) is 9.55 Å². The average Bonchev–Trinajstić information content (AvgIpc) is 3.71. The van der Waals surface area contributed by atoms with E-state index in [0.717, 1.165) is 16.7 Å². The smallest absolute Gasteiger partial charge is 0.138 e. The summed E-state index contributed by atoms with van der Waals surface area (Å²) in [5, 5.41) is 6.32. The summed E-state index contributed by atoms with van der Waals surface area (Å²) < 4.78 is 5.00. The largest absolute Gasteiger partial charge is 0.294 e. The van der Waals surface area contributed by atoms with Crippen molar-refractivity contribution < 1.29 is 0 Å². The first-order valence-corrected chi connectivity index (χ1v) is 17.1. The molecule has 0 amide bonds. The van der Waals surface area contributed by atoms with Crippen LogP contribution in [0, 0.1) is 0 Å². The molecule has 3 heterocycles. The minimum absolute atomic E-state index is 0.926. The molecule has 0 bridgehead atoms. The molecule has 0 atom stereocenters. The van der Waals surface area contributed by atoms with Gasteiger partial charge in [0.1, 0.15) is 5.82 Å². The van der Waals surface area contributed by atoms with Gasteiger partial charge in [-0.25, -0.2) is 4.98 Å². The summed E-state index contributed by atoms with van der Waals surface area (Å²) in [6, 6.07) is 61.2. The van der Waals surface area contributed by atoms with Crippen molar-refractivity contribution >= 4 is 64.2 Å². The van der Waals surface area contributed by atoms with E-state index in [1.165, 1.54) is 75.4 Å². The number of nitrogens with zero attached hydrogens (tertiary/aromatic N) is 2. The molecule has 0 saturated heterocycles. The number of pyridine rings is 1. The van der Waals surface area contributed by atoms with Crippen molar-refractivity contribution in [2.75, 3.05) is 0 Å². The molecule has 3 heteroatoms. The quantitative estimate of drug-likeness (QED) is 0.190. The third-order valence-electron chi connectivity index (χ3n) is 9.61. The highest BCUT2D eigenvalue weighted by Crippen LogP contribution is 2.43. The Balaban J connectivity index is 1.15. The van der Waals surface area contributed by atoms with Crippen molar-refractivity contribution in [3.63, 3.8) is 0 Å². The predicted molar refractivity (Wildman–Crippen MR) is 205 cm³/mol. The normalized spacial score (nSPS) is 11.8. The molecule has 0 unspecified atom stereocenters. The average molecular weight is 629 g/mol. The molecule has 0 N–H and O–H groups in total. The Morgan fingerprint density at radius 2 is 1.06 bits per heavy atom. The maximum atomic E-state index is 5.30. The molecule has 0 aliphatic rings. The SMILES string of the molecule is c1ccc(-c2cccc(-c3ccc(-c4cc(-n5c6ccccc6c6c7sc8ccccc8c7ccc65)nc5ccccc45)cc3)c2)cc1. The van der Waals surface area contributed by atoms with Crippen molar-refractivity contribution in [2.24, 2.45) is 0 Å². The number of aromatic nitrogens is 2. The third kappa shape index (κ3) is 4.22. The van der Waals surface area contributed by atoms with Gasteiger partial charge in [-0.15, -0.1) is 11.3 Å². The van der Waals surface area contributed by atoms with Crippen LogP contribution in [0.2, 0.25) is 0 Å². The van der Waals surface area contributed by atoms with Crippen LogP contribution < -0.4 is 0 Å². The van der Waals surface area contributed by atoms with E-state index in [-0.39, 0.29) is 0 Å². The summed E-state index contributed by atoms with van der Waals surface area (Å²) >= 11 is 1.88. The Morgan fingerprint density at radius 1 is 0.417 bits per heavy atom. The van der Waals surface area contributed by atoms with Crippen molar-refractivity contribution in [3.05, 3.63) is 170 Å². The lowest BCUT2D eigenvalue weighted by Crippen LogP contribution is -1.99. The molecular weight excluding hydrogens is 601 g/mol. The first-order valence-electron chi connectivity index (χ1n) is 16.3. The molecule has 10 rings (SSSR count). The van der Waals surface area contributed by atoms with E-state index in [0.29, 0.717) is 0 Å². The topological polar surface area (TPSA) is 17.8 Å². The molecular formula is C45H28N2S. The van der Waals surface area contributed by atoms with Gasteiger partial charge in [0.25, 0.3) is 0 Å². The van der Waals surface area contributed by atoms with Gasteiger partial charge in [-0.3, -0.25) is 4.57 Å². The fourth-order valence-electron chi connectivity index (χ4n) is 7.35. The maximum Gasteiger partial charge on any atom is 0.138 e. The van der Waals surface area contributed by atoms with Crippen LogP contribution in [0.3, 0.4) is 0 Å². The standard InChI is InChI=1S/C45H28N2S/c1-2-11-29(12-3-1)32-13-10-14-33(27-32)30-21-23-31(24-22-30)38-28-43(46-39-18-7-4-15-34(38)39)47-40-19-8-5-17-37(40)44-41(47)26-25-36-35-16-6-9-20-42(35)48-45(36)44/h1-28H. The van der Waals surface area contributed by atoms with E-state index in [9.17, 15) is 0 Å². The molecule has 0 aliphatic heterocycles. The molecule has 0 aliphatic carbocycles. The van der Waals surface area contributed by atoms with Crippen molar-refractivity contribution in [1.29, 1.82) is 0 Å². The summed E-state index contributed by atoms with van der Waals surface area (Å²) in [5.41, 5.74) is 10.5. The number of hydrogen-bond donors (Lipinski definition) is 0. The Hall–Kier alpha value is -6.03. The van der Waals surface area contributed by atoms with Crippen LogP contribution in [0.1, 0.15) is 0 Å². The summed E-state index contributed by atoms with van der Waals surface area (Å²) in [5.74, 6) is 0.926. The lowest BCUT2D eigenvalue weighted by atomic mass is 9.96. The third-order valence-corrected chi connectivity index (χ3v) is 10.8. The lowest BCUT2D eigenvalue weighted by molar-refractivity contribution is 1.10. The monoisotopic (exact) mass is 628 g/mol. The molecule has 224 valence electrons. The Labute approximate surface area is 281 Å². The second-order valence-corrected chi connectivity index (χ2v) is 13.4. The zero-order valence-electron chi connectivity index (χ0n) is 26.0. The molecule has 0 saturated carbocycles. The van der Waals surface area contributed by atoms with Crippen molar-refractivity contribution in [1.82, 2.24) is 9.55 Å². The second kappa shape index (κ2) is 10.8. The van der Waals surface area contributed by atoms with Crippen LogP contribution in [0.5, 0.6) is 0 Å². The second-order valence-electron chi connectivity index (χ2n) is 12.4. The molecule has 10 aromatic rings. The van der Waals surface area contributed by atoms with Crippen LogP contribution in [-0.2, 0) is 0 Å². The number of rotatable bonds is 4. The van der Waals surface area contributed by atoms with E-state index in [1.807, 2.05) is 11.3 Å². The van der Waals surface area contributed by atoms with E-state index in [4.69, 9.17) is 4.98 Å². The van der Waals surface area contributed by atoms with E-state index in [1.54, 1.807) is 0 Å². The van der Waals surface area contributed by atoms with Gasteiger partial charge in [0.2, 0.25) is 0 Å². The van der Waals surface area contributed by atoms with Gasteiger partial charge in [0.15, 0.2) is 0 Å². The molecule has 7 aromatic carbocycles. The van der Waals surface area contributed by atoms with E-state index < -0.39 is 0 Å². The summed E-state index contributed by atoms with van der Waals surface area (Å²) in [7, 11) is 0. The minimum atomic E-state index is 0.926. The highest BCUT2D eigenvalue weighted by Gasteiger charge is 2.19. The summed E-state index contributed by atoms with van der Waals surface area (Å²) in [6.07, 6.45) is 0. The number of thiophene rings is 1. The van der Waals surface area contributed by atoms with Gasteiger partial charge in [0.05, 0.1) is 16.6 Å². The first kappa shape index (κ1) is 27.1. The highest BCUT2D eigenvalue weighted by molar-refractivity contribution is 7.26. The Morgan fingerprint density at radius 3 is 1.90 bits per heavy atom. The van der Waals surface area contributed by atoms with Gasteiger partial charge in [-0.2, -0.15) is 0 Å².